The van der Waals surface area contributed by atoms with Crippen molar-refractivity contribution in [2.45, 2.75) is 37.6 Å². The number of hydrogen-bond acceptors (Lipinski definition) is 6. The minimum Gasteiger partial charge on any atom is -0.391 e. The highest BCUT2D eigenvalue weighted by atomic mass is 32.1. The van der Waals surface area contributed by atoms with Crippen LogP contribution in [0.1, 0.15) is 13.2 Å². The second-order valence-electron chi connectivity index (χ2n) is 4.23. The number of aromatic nitrogens is 2. The Morgan fingerprint density at radius 3 is 2.67 bits per heavy atom. The van der Waals surface area contributed by atoms with Crippen molar-refractivity contribution in [3.8, 4) is 0 Å². The normalized spacial score (nSPS) is 33.6. The van der Waals surface area contributed by atoms with Gasteiger partial charge in [0.2, 0.25) is 0 Å². The lowest BCUT2D eigenvalue weighted by Crippen LogP contribution is -2.37. The van der Waals surface area contributed by atoms with E-state index >= 15 is 0 Å². The van der Waals surface area contributed by atoms with Crippen molar-refractivity contribution in [1.82, 2.24) is 9.55 Å². The van der Waals surface area contributed by atoms with Gasteiger partial charge in [-0.2, -0.15) is 0 Å². The molecule has 1 aromatic rings. The molecular formula is C10H14N2O5S. The maximum atomic E-state index is 11.0. The average Bonchev–Trinajstić information content (AvgIpc) is 2.57. The number of nitrogens with zero attached hydrogens (tertiary/aromatic N) is 1. The molecule has 1 fully saturated rings. The van der Waals surface area contributed by atoms with E-state index in [1.165, 1.54) is 23.8 Å². The Labute approximate surface area is 107 Å². The Bertz CT molecular complexity index is 540. The van der Waals surface area contributed by atoms with Crippen LogP contribution < -0.4 is 5.56 Å². The molecule has 0 unspecified atom stereocenters. The molecule has 0 bridgehead atoms. The second-order valence-corrected chi connectivity index (χ2v) is 4.62. The number of hydrogen-bond donors (Lipinski definition) is 4. The van der Waals surface area contributed by atoms with Gasteiger partial charge in [0.25, 0.3) is 5.56 Å². The standard InChI is InChI=1S/C10H14N2O5S/c1-4(13)8-6(15)7(16)9(17-8)12-3-2-5(14)11-10(12)18/h2-4,6-9,13,15-16H,1H3,(H,11,14,18)/t4-,6+,7-,8-,9-/m1/s1. The van der Waals surface area contributed by atoms with Crippen LogP contribution in [-0.4, -0.2) is 49.3 Å². The van der Waals surface area contributed by atoms with E-state index in [4.69, 9.17) is 17.0 Å². The molecule has 1 aliphatic rings. The zero-order valence-corrected chi connectivity index (χ0v) is 10.4. The van der Waals surface area contributed by atoms with Crippen molar-refractivity contribution in [3.05, 3.63) is 27.4 Å². The molecule has 0 amide bonds. The van der Waals surface area contributed by atoms with E-state index in [-0.39, 0.29) is 10.3 Å². The molecule has 0 aliphatic carbocycles. The molecule has 1 aromatic heterocycles. The Morgan fingerprint density at radius 2 is 2.17 bits per heavy atom. The first-order chi connectivity index (χ1) is 8.41. The van der Waals surface area contributed by atoms with Gasteiger partial charge in [-0.3, -0.25) is 14.3 Å². The molecule has 5 atom stereocenters. The molecule has 4 N–H and O–H groups in total. The number of ether oxygens (including phenoxy) is 1. The van der Waals surface area contributed by atoms with Crippen LogP contribution in [0.25, 0.3) is 0 Å². The van der Waals surface area contributed by atoms with E-state index in [1.54, 1.807) is 0 Å². The van der Waals surface area contributed by atoms with Gasteiger partial charge in [-0.25, -0.2) is 0 Å². The fraction of sp³-hybridized carbons (Fsp3) is 0.600. The van der Waals surface area contributed by atoms with Crippen LogP contribution in [0.2, 0.25) is 0 Å². The number of rotatable bonds is 2. The molecule has 1 aliphatic heterocycles. The van der Waals surface area contributed by atoms with E-state index in [0.717, 1.165) is 0 Å². The number of nitrogens with one attached hydrogen (secondary N) is 1. The summed E-state index contributed by atoms with van der Waals surface area (Å²) in [5, 5.41) is 29.1. The molecular weight excluding hydrogens is 260 g/mol. The molecule has 1 saturated heterocycles. The largest absolute Gasteiger partial charge is 0.391 e. The maximum Gasteiger partial charge on any atom is 0.251 e. The number of H-pyrrole nitrogens is 1. The van der Waals surface area contributed by atoms with Gasteiger partial charge in [-0.15, -0.1) is 0 Å². The Balaban J connectivity index is 2.35. The van der Waals surface area contributed by atoms with E-state index in [2.05, 4.69) is 4.98 Å². The van der Waals surface area contributed by atoms with Gasteiger partial charge < -0.3 is 20.1 Å². The summed E-state index contributed by atoms with van der Waals surface area (Å²) < 4.78 is 6.78. The highest BCUT2D eigenvalue weighted by molar-refractivity contribution is 7.71. The lowest BCUT2D eigenvalue weighted by atomic mass is 10.1. The second kappa shape index (κ2) is 4.90. The van der Waals surface area contributed by atoms with Crippen LogP contribution in [0.3, 0.4) is 0 Å². The minimum absolute atomic E-state index is 0.0741. The van der Waals surface area contributed by atoms with Gasteiger partial charge in [-0.05, 0) is 19.1 Å². The van der Waals surface area contributed by atoms with Crippen molar-refractivity contribution >= 4 is 12.2 Å². The first-order valence-corrected chi connectivity index (χ1v) is 5.84. The quantitative estimate of drug-likeness (QED) is 0.510. The molecule has 8 heteroatoms. The summed E-state index contributed by atoms with van der Waals surface area (Å²) in [6.07, 6.45) is -3.86. The summed E-state index contributed by atoms with van der Waals surface area (Å²) in [4.78, 5) is 13.4. The summed E-state index contributed by atoms with van der Waals surface area (Å²) in [6.45, 7) is 1.45. The fourth-order valence-corrected chi connectivity index (χ4v) is 2.21. The van der Waals surface area contributed by atoms with Crippen molar-refractivity contribution in [3.63, 3.8) is 0 Å². The monoisotopic (exact) mass is 274 g/mol. The zero-order chi connectivity index (χ0) is 13.4. The van der Waals surface area contributed by atoms with Crippen LogP contribution in [0, 0.1) is 4.77 Å². The number of aromatic amines is 1. The van der Waals surface area contributed by atoms with Crippen molar-refractivity contribution in [2.75, 3.05) is 0 Å². The predicted octanol–water partition coefficient (Wildman–Crippen LogP) is -1.09. The molecule has 18 heavy (non-hydrogen) atoms. The van der Waals surface area contributed by atoms with Gasteiger partial charge in [-0.1, -0.05) is 0 Å². The Morgan fingerprint density at radius 1 is 1.50 bits per heavy atom. The summed E-state index contributed by atoms with van der Waals surface area (Å²) in [6, 6.07) is 1.23. The first-order valence-electron chi connectivity index (χ1n) is 5.43. The average molecular weight is 274 g/mol. The lowest BCUT2D eigenvalue weighted by Gasteiger charge is -2.18. The third-order valence-corrected chi connectivity index (χ3v) is 3.19. The first kappa shape index (κ1) is 13.4. The molecule has 0 saturated carbocycles. The SMILES string of the molecule is C[C@@H](O)[C@H]1O[C@@H](n2ccc(=O)[nH]c2=S)[C@H](O)[C@@H]1O. The summed E-state index contributed by atoms with van der Waals surface area (Å²) in [5.74, 6) is 0. The third kappa shape index (κ3) is 2.25. The number of aliphatic hydroxyl groups is 3. The summed E-state index contributed by atoms with van der Waals surface area (Å²) >= 11 is 4.94. The van der Waals surface area contributed by atoms with E-state index in [9.17, 15) is 20.1 Å². The van der Waals surface area contributed by atoms with Crippen molar-refractivity contribution < 1.29 is 20.1 Å². The van der Waals surface area contributed by atoms with Crippen molar-refractivity contribution in [1.29, 1.82) is 0 Å². The van der Waals surface area contributed by atoms with Gasteiger partial charge in [0.1, 0.15) is 18.3 Å². The fourth-order valence-electron chi connectivity index (χ4n) is 1.94. The molecule has 0 aromatic carbocycles. The number of aliphatic hydroxyl groups excluding tert-OH is 3. The molecule has 7 nitrogen and oxygen atoms in total. The topological polar surface area (TPSA) is 108 Å². The molecule has 0 radical (unpaired) electrons. The Kier molecular flexibility index (Phi) is 3.64. The maximum absolute atomic E-state index is 11.0. The lowest BCUT2D eigenvalue weighted by molar-refractivity contribution is -0.0798. The minimum atomic E-state index is -1.23. The van der Waals surface area contributed by atoms with Crippen LogP contribution in [0.5, 0.6) is 0 Å². The molecule has 100 valence electrons. The van der Waals surface area contributed by atoms with Crippen LogP contribution >= 0.6 is 12.2 Å². The highest BCUT2D eigenvalue weighted by Gasteiger charge is 2.45. The van der Waals surface area contributed by atoms with E-state index < -0.39 is 30.6 Å². The molecule has 0 spiro atoms. The van der Waals surface area contributed by atoms with Crippen LogP contribution in [0.15, 0.2) is 17.1 Å². The third-order valence-electron chi connectivity index (χ3n) is 2.88. The van der Waals surface area contributed by atoms with Gasteiger partial charge in [0, 0.05) is 12.3 Å². The van der Waals surface area contributed by atoms with Gasteiger partial charge in [0.15, 0.2) is 11.0 Å². The summed E-state index contributed by atoms with van der Waals surface area (Å²) in [7, 11) is 0. The van der Waals surface area contributed by atoms with Crippen LogP contribution in [-0.2, 0) is 4.74 Å². The smallest absolute Gasteiger partial charge is 0.251 e. The van der Waals surface area contributed by atoms with E-state index in [1.807, 2.05) is 0 Å². The van der Waals surface area contributed by atoms with E-state index in [0.29, 0.717) is 0 Å². The van der Waals surface area contributed by atoms with Crippen molar-refractivity contribution in [2.24, 2.45) is 0 Å². The zero-order valence-electron chi connectivity index (χ0n) is 9.56. The summed E-state index contributed by atoms with van der Waals surface area (Å²) in [5.41, 5.74) is -0.364. The molecule has 2 rings (SSSR count). The van der Waals surface area contributed by atoms with Gasteiger partial charge >= 0.3 is 0 Å². The van der Waals surface area contributed by atoms with Gasteiger partial charge in [0.05, 0.1) is 6.10 Å². The highest BCUT2D eigenvalue weighted by Crippen LogP contribution is 2.30. The predicted molar refractivity (Wildman–Crippen MR) is 63.5 cm³/mol. The molecule has 2 heterocycles. The Hall–Kier alpha value is -1.06. The van der Waals surface area contributed by atoms with Crippen LogP contribution in [0.4, 0.5) is 0 Å².